The van der Waals surface area contributed by atoms with E-state index < -0.39 is 11.6 Å². The number of ether oxygens (including phenoxy) is 1. The number of hydrogen-bond acceptors (Lipinski definition) is 3. The van der Waals surface area contributed by atoms with Crippen LogP contribution in [0.15, 0.2) is 36.4 Å². The van der Waals surface area contributed by atoms with Crippen molar-refractivity contribution in [2.24, 2.45) is 0 Å². The molecule has 0 atom stereocenters. The van der Waals surface area contributed by atoms with Gasteiger partial charge in [-0.2, -0.15) is 0 Å². The van der Waals surface area contributed by atoms with Crippen molar-refractivity contribution in [1.29, 1.82) is 0 Å². The Morgan fingerprint density at radius 1 is 1.17 bits per heavy atom. The number of aryl methyl sites for hydroxylation is 1. The third kappa shape index (κ3) is 4.76. The highest BCUT2D eigenvalue weighted by molar-refractivity contribution is 6.30. The van der Waals surface area contributed by atoms with Crippen LogP contribution >= 0.6 is 11.6 Å². The number of aromatic nitrogens is 1. The number of pyridine rings is 1. The second-order valence-corrected chi connectivity index (χ2v) is 9.37. The molecule has 0 saturated heterocycles. The fourth-order valence-corrected chi connectivity index (χ4v) is 3.75. The Hall–Kier alpha value is -2.59. The monoisotopic (exact) mass is 425 g/mol. The van der Waals surface area contributed by atoms with Gasteiger partial charge in [-0.05, 0) is 80.6 Å². The zero-order valence-electron chi connectivity index (χ0n) is 18.3. The van der Waals surface area contributed by atoms with Crippen LogP contribution in [0.1, 0.15) is 57.4 Å². The molecule has 30 heavy (non-hydrogen) atoms. The Balaban J connectivity index is 2.39. The van der Waals surface area contributed by atoms with Crippen molar-refractivity contribution in [1.82, 2.24) is 4.98 Å². The maximum Gasteiger partial charge on any atom is 0.307 e. The molecule has 1 aromatic heterocycles. The predicted octanol–water partition coefficient (Wildman–Crippen LogP) is 6.79. The Bertz CT molecular complexity index is 1110. The van der Waals surface area contributed by atoms with Crippen molar-refractivity contribution in [2.45, 2.75) is 59.5 Å². The number of carboxylic acids is 1. The molecule has 0 radical (unpaired) electrons. The molecular weight excluding hydrogens is 398 g/mol. The van der Waals surface area contributed by atoms with Crippen LogP contribution in [0.4, 0.5) is 0 Å². The van der Waals surface area contributed by atoms with Crippen molar-refractivity contribution in [3.05, 3.63) is 58.2 Å². The largest absolute Gasteiger partial charge is 0.487 e. The van der Waals surface area contributed by atoms with E-state index in [1.165, 1.54) is 0 Å². The van der Waals surface area contributed by atoms with E-state index in [1.54, 1.807) is 12.1 Å². The zero-order chi connectivity index (χ0) is 22.2. The molecule has 0 unspecified atom stereocenters. The molecule has 1 heterocycles. The Kier molecular flexibility index (Phi) is 6.09. The van der Waals surface area contributed by atoms with Crippen LogP contribution in [0, 0.1) is 6.92 Å². The van der Waals surface area contributed by atoms with Crippen molar-refractivity contribution < 1.29 is 14.6 Å². The molecule has 0 amide bonds. The summed E-state index contributed by atoms with van der Waals surface area (Å²) >= 11 is 6.28. The second kappa shape index (κ2) is 8.27. The maximum atomic E-state index is 11.7. The van der Waals surface area contributed by atoms with Gasteiger partial charge in [0.2, 0.25) is 0 Å². The van der Waals surface area contributed by atoms with Crippen molar-refractivity contribution in [2.75, 3.05) is 0 Å². The molecule has 2 aromatic carbocycles. The molecule has 5 heteroatoms. The lowest BCUT2D eigenvalue weighted by molar-refractivity contribution is -0.136. The first kappa shape index (κ1) is 22.1. The number of carboxylic acid groups (broad SMARTS) is 1. The minimum Gasteiger partial charge on any atom is -0.487 e. The first-order valence-corrected chi connectivity index (χ1v) is 10.5. The smallest absolute Gasteiger partial charge is 0.307 e. The van der Waals surface area contributed by atoms with Gasteiger partial charge in [0.25, 0.3) is 0 Å². The predicted molar refractivity (Wildman–Crippen MR) is 123 cm³/mol. The second-order valence-electron chi connectivity index (χ2n) is 8.93. The number of fused-ring (bicyclic) bond motifs is 1. The van der Waals surface area contributed by atoms with Crippen LogP contribution in [0.3, 0.4) is 0 Å². The molecule has 3 aromatic rings. The molecule has 0 spiro atoms. The van der Waals surface area contributed by atoms with E-state index in [9.17, 15) is 9.90 Å². The number of hydrogen-bond donors (Lipinski definition) is 1. The topological polar surface area (TPSA) is 59.4 Å². The van der Waals surface area contributed by atoms with E-state index in [0.29, 0.717) is 16.7 Å². The highest BCUT2D eigenvalue weighted by Gasteiger charge is 2.22. The summed E-state index contributed by atoms with van der Waals surface area (Å²) in [5.41, 5.74) is 4.72. The normalized spacial score (nSPS) is 11.9. The Morgan fingerprint density at radius 2 is 1.87 bits per heavy atom. The number of nitrogens with zero attached hydrogens (tertiary/aromatic N) is 1. The summed E-state index contributed by atoms with van der Waals surface area (Å²) in [7, 11) is 0. The van der Waals surface area contributed by atoms with Gasteiger partial charge in [0.1, 0.15) is 11.4 Å². The van der Waals surface area contributed by atoms with E-state index in [-0.39, 0.29) is 6.42 Å². The minimum atomic E-state index is -0.877. The molecule has 0 aliphatic heterocycles. The van der Waals surface area contributed by atoms with Crippen LogP contribution in [-0.4, -0.2) is 21.7 Å². The summed E-state index contributed by atoms with van der Waals surface area (Å²) in [4.78, 5) is 16.5. The third-order valence-corrected chi connectivity index (χ3v) is 5.13. The fraction of sp³-hybridized carbons (Fsp3) is 0.360. The molecule has 0 aliphatic carbocycles. The Morgan fingerprint density at radius 3 is 2.47 bits per heavy atom. The van der Waals surface area contributed by atoms with Gasteiger partial charge in [0.05, 0.1) is 11.9 Å². The van der Waals surface area contributed by atoms with Crippen molar-refractivity contribution in [3.63, 3.8) is 0 Å². The SMILES string of the molecule is Cc1cc2nc(C(C)C)ccc2c(-c2ccc(Cl)cc2OC(C)(C)C)c1CC(=O)O. The average Bonchev–Trinajstić information content (AvgIpc) is 2.61. The zero-order valence-corrected chi connectivity index (χ0v) is 19.1. The van der Waals surface area contributed by atoms with Gasteiger partial charge in [0.15, 0.2) is 0 Å². The fourth-order valence-electron chi connectivity index (χ4n) is 3.59. The van der Waals surface area contributed by atoms with E-state index in [1.807, 2.05) is 52.0 Å². The van der Waals surface area contributed by atoms with Gasteiger partial charge in [-0.25, -0.2) is 0 Å². The standard InChI is InChI=1S/C25H28ClNO3/c1-14(2)20-10-9-17-21(27-20)11-15(3)19(13-23(28)29)24(17)18-8-7-16(26)12-22(18)30-25(4,5)6/h7-12,14H,13H2,1-6H3,(H,28,29). The van der Waals surface area contributed by atoms with Crippen LogP contribution < -0.4 is 4.74 Å². The summed E-state index contributed by atoms with van der Waals surface area (Å²) in [6.07, 6.45) is -0.0827. The van der Waals surface area contributed by atoms with Crippen LogP contribution in [0.2, 0.25) is 5.02 Å². The Labute approximate surface area is 182 Å². The molecule has 0 aliphatic rings. The lowest BCUT2D eigenvalue weighted by Crippen LogP contribution is -2.23. The van der Waals surface area contributed by atoms with E-state index in [0.717, 1.165) is 38.9 Å². The van der Waals surface area contributed by atoms with Gasteiger partial charge < -0.3 is 9.84 Å². The molecule has 3 rings (SSSR count). The molecule has 0 fully saturated rings. The summed E-state index contributed by atoms with van der Waals surface area (Å²) in [6.45, 7) is 12.1. The maximum absolute atomic E-state index is 11.7. The number of halogens is 1. The molecule has 1 N–H and O–H groups in total. The molecule has 0 bridgehead atoms. The van der Waals surface area contributed by atoms with Gasteiger partial charge >= 0.3 is 5.97 Å². The highest BCUT2D eigenvalue weighted by Crippen LogP contribution is 2.41. The average molecular weight is 426 g/mol. The molecule has 4 nitrogen and oxygen atoms in total. The van der Waals surface area contributed by atoms with Crippen molar-refractivity contribution >= 4 is 28.5 Å². The third-order valence-electron chi connectivity index (χ3n) is 4.90. The first-order chi connectivity index (χ1) is 14.0. The first-order valence-electron chi connectivity index (χ1n) is 10.1. The van der Waals surface area contributed by atoms with E-state index in [4.69, 9.17) is 21.3 Å². The lowest BCUT2D eigenvalue weighted by Gasteiger charge is -2.25. The summed E-state index contributed by atoms with van der Waals surface area (Å²) in [5, 5.41) is 11.1. The number of carbonyl (C=O) groups is 1. The molecule has 158 valence electrons. The number of benzene rings is 2. The molecular formula is C25H28ClNO3. The van der Waals surface area contributed by atoms with Gasteiger partial charge in [-0.15, -0.1) is 0 Å². The summed E-state index contributed by atoms with van der Waals surface area (Å²) < 4.78 is 6.23. The van der Waals surface area contributed by atoms with Gasteiger partial charge in [-0.3, -0.25) is 9.78 Å². The highest BCUT2D eigenvalue weighted by atomic mass is 35.5. The molecule has 0 saturated carbocycles. The van der Waals surface area contributed by atoms with Gasteiger partial charge in [0, 0.05) is 21.7 Å². The number of aliphatic carboxylic acids is 1. The summed E-state index contributed by atoms with van der Waals surface area (Å²) in [5.74, 6) is 0.0476. The lowest BCUT2D eigenvalue weighted by atomic mass is 9.89. The van der Waals surface area contributed by atoms with Gasteiger partial charge in [-0.1, -0.05) is 31.5 Å². The van der Waals surface area contributed by atoms with E-state index >= 15 is 0 Å². The van der Waals surface area contributed by atoms with Crippen molar-refractivity contribution in [3.8, 4) is 16.9 Å². The number of rotatable bonds is 5. The van der Waals surface area contributed by atoms with E-state index in [2.05, 4.69) is 13.8 Å². The summed E-state index contributed by atoms with van der Waals surface area (Å²) in [6, 6.07) is 11.5. The van der Waals surface area contributed by atoms with Crippen LogP contribution in [0.5, 0.6) is 5.75 Å². The minimum absolute atomic E-state index is 0.0827. The van der Waals surface area contributed by atoms with Crippen LogP contribution in [0.25, 0.3) is 22.0 Å². The van der Waals surface area contributed by atoms with Crippen LogP contribution in [-0.2, 0) is 11.2 Å². The quantitative estimate of drug-likeness (QED) is 0.488.